The summed E-state index contributed by atoms with van der Waals surface area (Å²) < 4.78 is 25.3. The van der Waals surface area contributed by atoms with Crippen LogP contribution in [0.3, 0.4) is 0 Å². The van der Waals surface area contributed by atoms with E-state index in [1.165, 1.54) is 26.2 Å². The number of amides is 1. The Bertz CT molecular complexity index is 624. The highest BCUT2D eigenvalue weighted by atomic mass is 32.2. The van der Waals surface area contributed by atoms with Gasteiger partial charge in [-0.3, -0.25) is 4.79 Å². The van der Waals surface area contributed by atoms with Crippen LogP contribution in [0.1, 0.15) is 5.56 Å². The molecule has 0 aliphatic heterocycles. The standard InChI is InChI=1S/C14H21N3O3S/c1-5-8-15-10-14(18)16-13-9-12(7-6-11(13)2)21(19,20)17(3)4/h5-7,9,15H,1,8,10H2,2-4H3,(H,16,18). The number of hydrogen-bond acceptors (Lipinski definition) is 4. The molecule has 116 valence electrons. The molecule has 1 aromatic rings. The number of carbonyl (C=O) groups is 1. The van der Waals surface area contributed by atoms with Gasteiger partial charge < -0.3 is 10.6 Å². The minimum Gasteiger partial charge on any atom is -0.325 e. The van der Waals surface area contributed by atoms with Crippen molar-refractivity contribution in [3.8, 4) is 0 Å². The molecule has 0 bridgehead atoms. The smallest absolute Gasteiger partial charge is 0.242 e. The van der Waals surface area contributed by atoms with Gasteiger partial charge in [0.25, 0.3) is 0 Å². The van der Waals surface area contributed by atoms with Crippen molar-refractivity contribution in [1.29, 1.82) is 0 Å². The van der Waals surface area contributed by atoms with Gasteiger partial charge in [-0.15, -0.1) is 6.58 Å². The Hall–Kier alpha value is -1.70. The van der Waals surface area contributed by atoms with E-state index < -0.39 is 10.0 Å². The minimum absolute atomic E-state index is 0.135. The molecule has 7 heteroatoms. The molecule has 1 rings (SSSR count). The zero-order chi connectivity index (χ0) is 16.0. The number of benzene rings is 1. The molecule has 6 nitrogen and oxygen atoms in total. The molecule has 0 aliphatic carbocycles. The third-order valence-corrected chi connectivity index (χ3v) is 4.65. The van der Waals surface area contributed by atoms with Gasteiger partial charge in [0.15, 0.2) is 0 Å². The summed E-state index contributed by atoms with van der Waals surface area (Å²) in [6, 6.07) is 4.66. The fourth-order valence-corrected chi connectivity index (χ4v) is 2.52. The van der Waals surface area contributed by atoms with Crippen molar-refractivity contribution in [2.75, 3.05) is 32.5 Å². The number of rotatable bonds is 7. The molecule has 0 saturated heterocycles. The van der Waals surface area contributed by atoms with Gasteiger partial charge in [0, 0.05) is 26.3 Å². The van der Waals surface area contributed by atoms with E-state index in [-0.39, 0.29) is 17.3 Å². The maximum Gasteiger partial charge on any atom is 0.242 e. The first-order chi connectivity index (χ1) is 9.78. The van der Waals surface area contributed by atoms with E-state index in [1.54, 1.807) is 19.1 Å². The Morgan fingerprint density at radius 3 is 2.62 bits per heavy atom. The molecular weight excluding hydrogens is 290 g/mol. The van der Waals surface area contributed by atoms with E-state index in [1.807, 2.05) is 0 Å². The quantitative estimate of drug-likeness (QED) is 0.581. The van der Waals surface area contributed by atoms with Crippen LogP contribution < -0.4 is 10.6 Å². The fourth-order valence-electron chi connectivity index (χ4n) is 1.59. The van der Waals surface area contributed by atoms with Gasteiger partial charge in [-0.2, -0.15) is 0 Å². The van der Waals surface area contributed by atoms with E-state index in [2.05, 4.69) is 17.2 Å². The monoisotopic (exact) mass is 311 g/mol. The van der Waals surface area contributed by atoms with Gasteiger partial charge in [0.1, 0.15) is 0 Å². The molecule has 1 aromatic carbocycles. The highest BCUT2D eigenvalue weighted by Crippen LogP contribution is 2.21. The number of nitrogens with zero attached hydrogens (tertiary/aromatic N) is 1. The average Bonchev–Trinajstić information content (AvgIpc) is 2.41. The molecule has 0 spiro atoms. The lowest BCUT2D eigenvalue weighted by Crippen LogP contribution is -2.28. The zero-order valence-corrected chi connectivity index (χ0v) is 13.3. The van der Waals surface area contributed by atoms with Crippen LogP contribution in [0.15, 0.2) is 35.7 Å². The fraction of sp³-hybridized carbons (Fsp3) is 0.357. The molecule has 0 saturated carbocycles. The third kappa shape index (κ3) is 4.66. The average molecular weight is 311 g/mol. The first-order valence-electron chi connectivity index (χ1n) is 6.43. The Morgan fingerprint density at radius 1 is 1.38 bits per heavy atom. The third-order valence-electron chi connectivity index (χ3n) is 2.84. The van der Waals surface area contributed by atoms with Crippen LogP contribution in [0.5, 0.6) is 0 Å². The van der Waals surface area contributed by atoms with Gasteiger partial charge in [-0.1, -0.05) is 12.1 Å². The summed E-state index contributed by atoms with van der Waals surface area (Å²) in [6.45, 7) is 6.01. The van der Waals surface area contributed by atoms with Crippen LogP contribution in [-0.4, -0.2) is 45.8 Å². The Balaban J connectivity index is 2.93. The maximum absolute atomic E-state index is 12.1. The molecule has 0 atom stereocenters. The molecular formula is C14H21N3O3S. The molecule has 0 heterocycles. The molecule has 1 amide bonds. The predicted molar refractivity (Wildman–Crippen MR) is 83.7 cm³/mol. The van der Waals surface area contributed by atoms with Crippen molar-refractivity contribution in [1.82, 2.24) is 9.62 Å². The van der Waals surface area contributed by atoms with Crippen molar-refractivity contribution in [3.63, 3.8) is 0 Å². The van der Waals surface area contributed by atoms with Crippen molar-refractivity contribution in [2.45, 2.75) is 11.8 Å². The van der Waals surface area contributed by atoms with Crippen LogP contribution in [0.2, 0.25) is 0 Å². The number of nitrogens with one attached hydrogen (secondary N) is 2. The summed E-state index contributed by atoms with van der Waals surface area (Å²) in [6.07, 6.45) is 1.66. The lowest BCUT2D eigenvalue weighted by atomic mass is 10.2. The summed E-state index contributed by atoms with van der Waals surface area (Å²) in [5.74, 6) is -0.237. The first-order valence-corrected chi connectivity index (χ1v) is 7.87. The normalized spacial score (nSPS) is 11.4. The zero-order valence-electron chi connectivity index (χ0n) is 12.5. The first kappa shape index (κ1) is 17.4. The van der Waals surface area contributed by atoms with Crippen LogP contribution >= 0.6 is 0 Å². The summed E-state index contributed by atoms with van der Waals surface area (Å²) in [7, 11) is -0.590. The van der Waals surface area contributed by atoms with E-state index in [9.17, 15) is 13.2 Å². The highest BCUT2D eigenvalue weighted by Gasteiger charge is 2.18. The van der Waals surface area contributed by atoms with E-state index in [0.717, 1.165) is 9.87 Å². The van der Waals surface area contributed by atoms with Gasteiger partial charge in [-0.05, 0) is 24.6 Å². The molecule has 21 heavy (non-hydrogen) atoms. The summed E-state index contributed by atoms with van der Waals surface area (Å²) in [5.41, 5.74) is 1.29. The molecule has 0 aliphatic rings. The van der Waals surface area contributed by atoms with Crippen molar-refractivity contribution in [2.24, 2.45) is 0 Å². The SMILES string of the molecule is C=CCNCC(=O)Nc1cc(S(=O)(=O)N(C)C)ccc1C. The lowest BCUT2D eigenvalue weighted by Gasteiger charge is -2.14. The number of sulfonamides is 1. The lowest BCUT2D eigenvalue weighted by molar-refractivity contribution is -0.115. The van der Waals surface area contributed by atoms with Crippen LogP contribution in [-0.2, 0) is 14.8 Å². The van der Waals surface area contributed by atoms with E-state index >= 15 is 0 Å². The van der Waals surface area contributed by atoms with Crippen LogP contribution in [0.4, 0.5) is 5.69 Å². The largest absolute Gasteiger partial charge is 0.325 e. The Kier molecular flexibility index (Phi) is 6.07. The second-order valence-corrected chi connectivity index (χ2v) is 6.88. The number of hydrogen-bond donors (Lipinski definition) is 2. The van der Waals surface area contributed by atoms with Crippen molar-refractivity contribution < 1.29 is 13.2 Å². The predicted octanol–water partition coefficient (Wildman–Crippen LogP) is 0.959. The number of carbonyl (C=O) groups excluding carboxylic acids is 1. The topological polar surface area (TPSA) is 78.5 Å². The van der Waals surface area contributed by atoms with Crippen molar-refractivity contribution >= 4 is 21.6 Å². The minimum atomic E-state index is -3.52. The molecule has 0 fully saturated rings. The van der Waals surface area contributed by atoms with Crippen molar-refractivity contribution in [3.05, 3.63) is 36.4 Å². The number of aryl methyl sites for hydroxylation is 1. The van der Waals surface area contributed by atoms with Gasteiger partial charge in [-0.25, -0.2) is 12.7 Å². The molecule has 2 N–H and O–H groups in total. The molecule has 0 aromatic heterocycles. The summed E-state index contributed by atoms with van der Waals surface area (Å²) in [4.78, 5) is 11.9. The van der Waals surface area contributed by atoms with Gasteiger partial charge in [0.2, 0.25) is 15.9 Å². The highest BCUT2D eigenvalue weighted by molar-refractivity contribution is 7.89. The van der Waals surface area contributed by atoms with E-state index in [0.29, 0.717) is 12.2 Å². The molecule has 0 radical (unpaired) electrons. The maximum atomic E-state index is 12.1. The number of anilines is 1. The molecule has 0 unspecified atom stereocenters. The van der Waals surface area contributed by atoms with Crippen LogP contribution in [0.25, 0.3) is 0 Å². The second-order valence-electron chi connectivity index (χ2n) is 4.73. The Labute approximate surface area is 125 Å². The summed E-state index contributed by atoms with van der Waals surface area (Å²) >= 11 is 0. The van der Waals surface area contributed by atoms with E-state index in [4.69, 9.17) is 0 Å². The van der Waals surface area contributed by atoms with Gasteiger partial charge >= 0.3 is 0 Å². The summed E-state index contributed by atoms with van der Waals surface area (Å²) in [5, 5.41) is 5.58. The Morgan fingerprint density at radius 2 is 2.05 bits per heavy atom. The van der Waals surface area contributed by atoms with Gasteiger partial charge in [0.05, 0.1) is 11.4 Å². The second kappa shape index (κ2) is 7.35. The van der Waals surface area contributed by atoms with Crippen LogP contribution in [0, 0.1) is 6.92 Å².